The number of hydrogen-bond donors (Lipinski definition) is 1. The number of aromatic nitrogens is 2. The summed E-state index contributed by atoms with van der Waals surface area (Å²) in [5.74, 6) is 1.50. The summed E-state index contributed by atoms with van der Waals surface area (Å²) < 4.78 is 5.68. The highest BCUT2D eigenvalue weighted by Gasteiger charge is 2.20. The van der Waals surface area contributed by atoms with E-state index in [-0.39, 0.29) is 0 Å². The van der Waals surface area contributed by atoms with Gasteiger partial charge in [-0.3, -0.25) is 0 Å². The Hall–Kier alpha value is -1.36. The van der Waals surface area contributed by atoms with E-state index in [0.29, 0.717) is 18.5 Å². The van der Waals surface area contributed by atoms with Gasteiger partial charge in [0.2, 0.25) is 11.8 Å². The van der Waals surface area contributed by atoms with Crippen molar-refractivity contribution < 1.29 is 4.74 Å². The van der Waals surface area contributed by atoms with Gasteiger partial charge in [-0.15, -0.1) is 0 Å². The molecule has 1 atom stereocenters. The minimum atomic E-state index is 0.556. The highest BCUT2D eigenvalue weighted by Crippen LogP contribution is 2.18. The van der Waals surface area contributed by atoms with Crippen molar-refractivity contribution in [3.63, 3.8) is 0 Å². The first-order valence-electron chi connectivity index (χ1n) is 8.19. The number of rotatable bonds is 8. The summed E-state index contributed by atoms with van der Waals surface area (Å²) in [7, 11) is 0. The molecule has 5 nitrogen and oxygen atoms in total. The smallest absolute Gasteiger partial charge is 0.228 e. The van der Waals surface area contributed by atoms with Crippen LogP contribution in [0.15, 0.2) is 6.07 Å². The second-order valence-corrected chi connectivity index (χ2v) is 5.74. The van der Waals surface area contributed by atoms with Gasteiger partial charge < -0.3 is 15.0 Å². The Morgan fingerprint density at radius 2 is 2.19 bits per heavy atom. The molecule has 1 unspecified atom stereocenters. The van der Waals surface area contributed by atoms with Gasteiger partial charge in [0.15, 0.2) is 0 Å². The van der Waals surface area contributed by atoms with Crippen LogP contribution in [0, 0.1) is 6.92 Å². The van der Waals surface area contributed by atoms with Crippen LogP contribution in [0.2, 0.25) is 0 Å². The van der Waals surface area contributed by atoms with Crippen LogP contribution in [-0.4, -0.2) is 42.3 Å². The van der Waals surface area contributed by atoms with E-state index in [1.807, 2.05) is 13.0 Å². The predicted octanol–water partition coefficient (Wildman–Crippen LogP) is 2.54. The molecule has 0 bridgehead atoms. The average Bonchev–Trinajstić information content (AvgIpc) is 2.97. The van der Waals surface area contributed by atoms with Crippen molar-refractivity contribution in [2.75, 3.05) is 31.1 Å². The molecule has 1 saturated heterocycles. The molecule has 1 aliphatic heterocycles. The summed E-state index contributed by atoms with van der Waals surface area (Å²) in [6.07, 6.45) is 4.59. The lowest BCUT2D eigenvalue weighted by Gasteiger charge is -2.26. The molecule has 0 radical (unpaired) electrons. The van der Waals surface area contributed by atoms with Crippen LogP contribution in [0.5, 0.6) is 5.88 Å². The molecule has 21 heavy (non-hydrogen) atoms. The fourth-order valence-corrected chi connectivity index (χ4v) is 2.67. The molecule has 0 amide bonds. The molecule has 0 aromatic carbocycles. The fourth-order valence-electron chi connectivity index (χ4n) is 2.67. The first-order chi connectivity index (χ1) is 10.2. The second kappa shape index (κ2) is 8.17. The van der Waals surface area contributed by atoms with Crippen molar-refractivity contribution in [2.45, 2.75) is 52.5 Å². The first kappa shape index (κ1) is 16.0. The summed E-state index contributed by atoms with van der Waals surface area (Å²) in [5, 5.41) is 3.55. The van der Waals surface area contributed by atoms with Gasteiger partial charge in [0, 0.05) is 30.9 Å². The molecule has 1 aromatic rings. The topological polar surface area (TPSA) is 50.3 Å². The molecule has 5 heteroatoms. The molecule has 2 rings (SSSR count). The van der Waals surface area contributed by atoms with Crippen molar-refractivity contribution in [3.8, 4) is 5.88 Å². The lowest BCUT2D eigenvalue weighted by atomic mass is 10.2. The van der Waals surface area contributed by atoms with Gasteiger partial charge in [-0.2, -0.15) is 4.98 Å². The molecule has 0 saturated carbocycles. The lowest BCUT2D eigenvalue weighted by molar-refractivity contribution is 0.304. The molecule has 1 aliphatic rings. The number of nitrogens with one attached hydrogen (secondary N) is 1. The quantitative estimate of drug-likeness (QED) is 0.798. The minimum Gasteiger partial charge on any atom is -0.478 e. The number of hydrogen-bond acceptors (Lipinski definition) is 5. The van der Waals surface area contributed by atoms with E-state index in [1.54, 1.807) is 0 Å². The van der Waals surface area contributed by atoms with Gasteiger partial charge in [-0.1, -0.05) is 13.8 Å². The maximum absolute atomic E-state index is 5.68. The van der Waals surface area contributed by atoms with E-state index in [2.05, 4.69) is 34.0 Å². The van der Waals surface area contributed by atoms with E-state index in [0.717, 1.165) is 44.1 Å². The molecule has 1 fully saturated rings. The molecule has 1 N–H and O–H groups in total. The molecule has 1 aromatic heterocycles. The number of ether oxygens (including phenoxy) is 1. The van der Waals surface area contributed by atoms with Gasteiger partial charge >= 0.3 is 0 Å². The molecule has 118 valence electrons. The number of aryl methyl sites for hydroxylation is 1. The average molecular weight is 292 g/mol. The summed E-state index contributed by atoms with van der Waals surface area (Å²) >= 11 is 0. The standard InChI is InChI=1S/C16H28N4O/c1-4-9-20(12-14-7-6-8-17-14)16-18-13(3)11-15(19-16)21-10-5-2/h11,14,17H,4-10,12H2,1-3H3. The minimum absolute atomic E-state index is 0.556. The molecular weight excluding hydrogens is 264 g/mol. The number of anilines is 1. The summed E-state index contributed by atoms with van der Waals surface area (Å²) in [6.45, 7) is 10.1. The predicted molar refractivity (Wildman–Crippen MR) is 86.1 cm³/mol. The monoisotopic (exact) mass is 292 g/mol. The summed E-state index contributed by atoms with van der Waals surface area (Å²) in [5.41, 5.74) is 0.964. The van der Waals surface area contributed by atoms with Crippen LogP contribution >= 0.6 is 0 Å². The van der Waals surface area contributed by atoms with Crippen LogP contribution < -0.4 is 15.0 Å². The SMILES string of the molecule is CCCOc1cc(C)nc(N(CCC)CC2CCCN2)n1. The molecular formula is C16H28N4O. The Morgan fingerprint density at radius 1 is 1.33 bits per heavy atom. The third-order valence-electron chi connectivity index (χ3n) is 3.65. The van der Waals surface area contributed by atoms with Crippen molar-refractivity contribution in [2.24, 2.45) is 0 Å². The molecule has 2 heterocycles. The molecule has 0 spiro atoms. The maximum Gasteiger partial charge on any atom is 0.228 e. The van der Waals surface area contributed by atoms with E-state index in [4.69, 9.17) is 4.74 Å². The van der Waals surface area contributed by atoms with E-state index in [1.165, 1.54) is 12.8 Å². The highest BCUT2D eigenvalue weighted by molar-refractivity contribution is 5.34. The van der Waals surface area contributed by atoms with Gasteiger partial charge in [0.1, 0.15) is 0 Å². The van der Waals surface area contributed by atoms with Crippen molar-refractivity contribution in [1.29, 1.82) is 0 Å². The molecule has 0 aliphatic carbocycles. The van der Waals surface area contributed by atoms with Crippen LogP contribution in [-0.2, 0) is 0 Å². The van der Waals surface area contributed by atoms with Crippen LogP contribution in [0.1, 0.15) is 45.2 Å². The van der Waals surface area contributed by atoms with Crippen LogP contribution in [0.4, 0.5) is 5.95 Å². The van der Waals surface area contributed by atoms with Crippen molar-refractivity contribution >= 4 is 5.95 Å². The maximum atomic E-state index is 5.68. The van der Waals surface area contributed by atoms with Crippen molar-refractivity contribution in [3.05, 3.63) is 11.8 Å². The van der Waals surface area contributed by atoms with E-state index >= 15 is 0 Å². The Kier molecular flexibility index (Phi) is 6.23. The zero-order valence-electron chi connectivity index (χ0n) is 13.6. The zero-order valence-corrected chi connectivity index (χ0v) is 13.6. The largest absolute Gasteiger partial charge is 0.478 e. The van der Waals surface area contributed by atoms with Crippen LogP contribution in [0.25, 0.3) is 0 Å². The highest BCUT2D eigenvalue weighted by atomic mass is 16.5. The second-order valence-electron chi connectivity index (χ2n) is 5.74. The normalized spacial score (nSPS) is 18.0. The summed E-state index contributed by atoms with van der Waals surface area (Å²) in [4.78, 5) is 11.5. The third-order valence-corrected chi connectivity index (χ3v) is 3.65. The third kappa shape index (κ3) is 4.84. The Labute approximate surface area is 128 Å². The van der Waals surface area contributed by atoms with Gasteiger partial charge in [0.05, 0.1) is 6.61 Å². The van der Waals surface area contributed by atoms with Gasteiger partial charge in [-0.25, -0.2) is 4.98 Å². The van der Waals surface area contributed by atoms with Crippen LogP contribution in [0.3, 0.4) is 0 Å². The zero-order chi connectivity index (χ0) is 15.1. The number of nitrogens with zero attached hydrogens (tertiary/aromatic N) is 3. The van der Waals surface area contributed by atoms with Gasteiger partial charge in [0.25, 0.3) is 0 Å². The fraction of sp³-hybridized carbons (Fsp3) is 0.750. The van der Waals surface area contributed by atoms with E-state index < -0.39 is 0 Å². The van der Waals surface area contributed by atoms with Gasteiger partial charge in [-0.05, 0) is 39.2 Å². The lowest BCUT2D eigenvalue weighted by Crippen LogP contribution is -2.39. The van der Waals surface area contributed by atoms with E-state index in [9.17, 15) is 0 Å². The summed E-state index contributed by atoms with van der Waals surface area (Å²) in [6, 6.07) is 2.47. The Morgan fingerprint density at radius 3 is 2.86 bits per heavy atom. The van der Waals surface area contributed by atoms with Crippen molar-refractivity contribution in [1.82, 2.24) is 15.3 Å². The first-order valence-corrected chi connectivity index (χ1v) is 8.19. The Balaban J connectivity index is 2.11. The Bertz CT molecular complexity index is 432.